The van der Waals surface area contributed by atoms with E-state index in [2.05, 4.69) is 5.32 Å². The van der Waals surface area contributed by atoms with Gasteiger partial charge in [0, 0.05) is 5.69 Å². The van der Waals surface area contributed by atoms with Crippen molar-refractivity contribution in [3.8, 4) is 0 Å². The van der Waals surface area contributed by atoms with E-state index >= 15 is 0 Å². The summed E-state index contributed by atoms with van der Waals surface area (Å²) in [6, 6.07) is 8.16. The van der Waals surface area contributed by atoms with Crippen molar-refractivity contribution >= 4 is 23.7 Å². The molecular formula is C15H18N2O5. The molecule has 1 aromatic carbocycles. The Morgan fingerprint density at radius 1 is 1.36 bits per heavy atom. The van der Waals surface area contributed by atoms with Gasteiger partial charge in [-0.3, -0.25) is 4.79 Å². The highest BCUT2D eigenvalue weighted by Crippen LogP contribution is 2.13. The van der Waals surface area contributed by atoms with Crippen LogP contribution in [-0.2, 0) is 19.1 Å². The normalized spacial score (nSPS) is 15.1. The second-order valence-electron chi connectivity index (χ2n) is 4.68. The highest BCUT2D eigenvalue weighted by atomic mass is 16.6. The molecule has 0 aliphatic carbocycles. The lowest BCUT2D eigenvalue weighted by molar-refractivity contribution is -0.146. The van der Waals surface area contributed by atoms with E-state index < -0.39 is 24.0 Å². The summed E-state index contributed by atoms with van der Waals surface area (Å²) in [6.07, 6.45) is -0.852. The Kier molecular flexibility index (Phi) is 5.35. The smallest absolute Gasteiger partial charge is 0.416 e. The molecule has 1 aliphatic heterocycles. The van der Waals surface area contributed by atoms with E-state index in [1.54, 1.807) is 19.1 Å². The summed E-state index contributed by atoms with van der Waals surface area (Å²) in [4.78, 5) is 36.5. The molecule has 1 atom stereocenters. The van der Waals surface area contributed by atoms with E-state index in [0.717, 1.165) is 4.90 Å². The standard InChI is InChI=1S/C15H18N2O5/c1-2-21-14(19)12(16-11-6-4-3-5-7-11)10-13(18)17-8-9-22-15(17)20/h3-7,12,16H,2,8-10H2,1H3/t12-/m0/s1. The van der Waals surface area contributed by atoms with Gasteiger partial charge in [0.2, 0.25) is 5.91 Å². The summed E-state index contributed by atoms with van der Waals surface area (Å²) in [5, 5.41) is 2.96. The zero-order valence-electron chi connectivity index (χ0n) is 12.3. The van der Waals surface area contributed by atoms with E-state index in [-0.39, 0.29) is 26.2 Å². The SMILES string of the molecule is CCOC(=O)[C@H](CC(=O)N1CCOC1=O)Nc1ccccc1. The molecule has 2 rings (SSSR count). The molecule has 1 saturated heterocycles. The molecule has 1 aromatic rings. The first-order valence-corrected chi connectivity index (χ1v) is 7.07. The van der Waals surface area contributed by atoms with Crippen molar-refractivity contribution < 1.29 is 23.9 Å². The number of nitrogens with zero attached hydrogens (tertiary/aromatic N) is 1. The monoisotopic (exact) mass is 306 g/mol. The molecule has 7 nitrogen and oxygen atoms in total. The lowest BCUT2D eigenvalue weighted by Gasteiger charge is -2.19. The fourth-order valence-electron chi connectivity index (χ4n) is 2.08. The largest absolute Gasteiger partial charge is 0.464 e. The van der Waals surface area contributed by atoms with Crippen molar-refractivity contribution in [2.24, 2.45) is 0 Å². The first-order chi connectivity index (χ1) is 10.6. The highest BCUT2D eigenvalue weighted by Gasteiger charge is 2.32. The van der Waals surface area contributed by atoms with Gasteiger partial charge >= 0.3 is 12.1 Å². The van der Waals surface area contributed by atoms with Crippen LogP contribution in [0.15, 0.2) is 30.3 Å². The van der Waals surface area contributed by atoms with E-state index in [4.69, 9.17) is 9.47 Å². The third-order valence-corrected chi connectivity index (χ3v) is 3.13. The fourth-order valence-corrected chi connectivity index (χ4v) is 2.08. The van der Waals surface area contributed by atoms with Crippen LogP contribution >= 0.6 is 0 Å². The number of carbonyl (C=O) groups excluding carboxylic acids is 3. The first-order valence-electron chi connectivity index (χ1n) is 7.07. The molecule has 0 unspecified atom stereocenters. The maximum atomic E-state index is 12.1. The van der Waals surface area contributed by atoms with Crippen LogP contribution in [-0.4, -0.2) is 48.7 Å². The van der Waals surface area contributed by atoms with E-state index in [9.17, 15) is 14.4 Å². The van der Waals surface area contributed by atoms with Gasteiger partial charge in [0.25, 0.3) is 0 Å². The van der Waals surface area contributed by atoms with Crippen molar-refractivity contribution in [3.05, 3.63) is 30.3 Å². The van der Waals surface area contributed by atoms with Crippen LogP contribution < -0.4 is 5.32 Å². The predicted molar refractivity (Wildman–Crippen MR) is 78.2 cm³/mol. The molecule has 22 heavy (non-hydrogen) atoms. The number of nitrogens with one attached hydrogen (secondary N) is 1. The molecular weight excluding hydrogens is 288 g/mol. The van der Waals surface area contributed by atoms with Gasteiger partial charge in [-0.15, -0.1) is 0 Å². The number of carbonyl (C=O) groups is 3. The molecule has 0 radical (unpaired) electrons. The Morgan fingerprint density at radius 3 is 2.68 bits per heavy atom. The molecule has 1 heterocycles. The van der Waals surface area contributed by atoms with E-state index in [0.29, 0.717) is 5.69 Å². The summed E-state index contributed by atoms with van der Waals surface area (Å²) in [5.41, 5.74) is 0.692. The lowest BCUT2D eigenvalue weighted by atomic mass is 10.1. The number of cyclic esters (lactones) is 1. The van der Waals surface area contributed by atoms with Gasteiger partial charge in [-0.05, 0) is 19.1 Å². The number of para-hydroxylation sites is 1. The van der Waals surface area contributed by atoms with Crippen LogP contribution in [0.1, 0.15) is 13.3 Å². The predicted octanol–water partition coefficient (Wildman–Crippen LogP) is 1.40. The van der Waals surface area contributed by atoms with Gasteiger partial charge in [0.1, 0.15) is 12.6 Å². The summed E-state index contributed by atoms with van der Waals surface area (Å²) in [6.45, 7) is 2.29. The maximum absolute atomic E-state index is 12.1. The van der Waals surface area contributed by atoms with Crippen molar-refractivity contribution in [2.45, 2.75) is 19.4 Å². The molecule has 0 bridgehead atoms. The number of amides is 2. The summed E-state index contributed by atoms with van der Waals surface area (Å²) in [7, 11) is 0. The van der Waals surface area contributed by atoms with Crippen molar-refractivity contribution in [1.82, 2.24) is 4.90 Å². The van der Waals surface area contributed by atoms with Gasteiger partial charge in [-0.25, -0.2) is 14.5 Å². The second-order valence-corrected chi connectivity index (χ2v) is 4.68. The van der Waals surface area contributed by atoms with Crippen LogP contribution in [0.5, 0.6) is 0 Å². The number of anilines is 1. The topological polar surface area (TPSA) is 84.9 Å². The minimum absolute atomic E-state index is 0.178. The minimum Gasteiger partial charge on any atom is -0.464 e. The molecule has 0 spiro atoms. The highest BCUT2D eigenvalue weighted by molar-refractivity contribution is 5.96. The van der Waals surface area contributed by atoms with Crippen LogP contribution in [0.25, 0.3) is 0 Å². The number of benzene rings is 1. The van der Waals surface area contributed by atoms with Gasteiger partial charge in [0.15, 0.2) is 0 Å². The van der Waals surface area contributed by atoms with Gasteiger partial charge in [-0.2, -0.15) is 0 Å². The van der Waals surface area contributed by atoms with Crippen LogP contribution in [0, 0.1) is 0 Å². The molecule has 7 heteroatoms. The van der Waals surface area contributed by atoms with Crippen LogP contribution in [0.2, 0.25) is 0 Å². The Balaban J connectivity index is 2.05. The Hall–Kier alpha value is -2.57. The average molecular weight is 306 g/mol. The number of ether oxygens (including phenoxy) is 2. The Morgan fingerprint density at radius 2 is 2.09 bits per heavy atom. The number of hydrogen-bond acceptors (Lipinski definition) is 6. The zero-order valence-corrected chi connectivity index (χ0v) is 12.3. The summed E-state index contributed by atoms with van der Waals surface area (Å²) < 4.78 is 9.70. The molecule has 1 aliphatic rings. The summed E-state index contributed by atoms with van der Waals surface area (Å²) in [5.74, 6) is -1.00. The maximum Gasteiger partial charge on any atom is 0.416 e. The van der Waals surface area contributed by atoms with E-state index in [1.165, 1.54) is 0 Å². The number of esters is 1. The zero-order chi connectivity index (χ0) is 15.9. The van der Waals surface area contributed by atoms with Gasteiger partial charge in [-0.1, -0.05) is 18.2 Å². The van der Waals surface area contributed by atoms with Crippen LogP contribution in [0.3, 0.4) is 0 Å². The minimum atomic E-state index is -0.858. The fraction of sp³-hybridized carbons (Fsp3) is 0.400. The lowest BCUT2D eigenvalue weighted by Crippen LogP contribution is -2.40. The Bertz CT molecular complexity index is 546. The van der Waals surface area contributed by atoms with Gasteiger partial charge < -0.3 is 14.8 Å². The number of hydrogen-bond donors (Lipinski definition) is 1. The molecule has 0 saturated carbocycles. The number of rotatable bonds is 6. The quantitative estimate of drug-likeness (QED) is 0.800. The first kappa shape index (κ1) is 15.8. The van der Waals surface area contributed by atoms with Crippen LogP contribution in [0.4, 0.5) is 10.5 Å². The van der Waals surface area contributed by atoms with Gasteiger partial charge in [0.05, 0.1) is 19.6 Å². The average Bonchev–Trinajstić information content (AvgIpc) is 2.94. The van der Waals surface area contributed by atoms with Crippen molar-refractivity contribution in [1.29, 1.82) is 0 Å². The molecule has 118 valence electrons. The molecule has 1 fully saturated rings. The summed E-state index contributed by atoms with van der Waals surface area (Å²) >= 11 is 0. The molecule has 1 N–H and O–H groups in total. The molecule has 0 aromatic heterocycles. The Labute approximate surface area is 128 Å². The van der Waals surface area contributed by atoms with Crippen molar-refractivity contribution in [2.75, 3.05) is 25.1 Å². The second kappa shape index (κ2) is 7.44. The third kappa shape index (κ3) is 3.97. The van der Waals surface area contributed by atoms with E-state index in [1.807, 2.05) is 18.2 Å². The number of imide groups is 1. The van der Waals surface area contributed by atoms with Crippen molar-refractivity contribution in [3.63, 3.8) is 0 Å². The molecule has 2 amide bonds. The third-order valence-electron chi connectivity index (χ3n) is 3.13.